The van der Waals surface area contributed by atoms with E-state index in [-0.39, 0.29) is 0 Å². The average molecular weight is 258 g/mol. The molecule has 18 heavy (non-hydrogen) atoms. The Morgan fingerprint density at radius 2 is 1.44 bits per heavy atom. The first-order chi connectivity index (χ1) is 8.85. The van der Waals surface area contributed by atoms with Crippen molar-refractivity contribution in [2.24, 2.45) is 5.84 Å². The van der Waals surface area contributed by atoms with Crippen LogP contribution < -0.4 is 11.3 Å². The molecule has 0 bridgehead atoms. The normalized spacial score (nSPS) is 12.8. The van der Waals surface area contributed by atoms with E-state index in [0.717, 1.165) is 19.4 Å². The van der Waals surface area contributed by atoms with E-state index in [1.807, 2.05) is 0 Å². The molecule has 110 valence electrons. The van der Waals surface area contributed by atoms with Crippen LogP contribution >= 0.6 is 0 Å². The summed E-state index contributed by atoms with van der Waals surface area (Å²) in [5.41, 5.74) is 2.92. The van der Waals surface area contributed by atoms with Crippen LogP contribution in [0, 0.1) is 0 Å². The Labute approximate surface area is 114 Å². The molecule has 0 aliphatic rings. The number of hydrogen-bond donors (Lipinski definition) is 2. The second kappa shape index (κ2) is 14.9. The van der Waals surface area contributed by atoms with Gasteiger partial charge in [0.15, 0.2) is 0 Å². The molecule has 0 aliphatic carbocycles. The van der Waals surface area contributed by atoms with Gasteiger partial charge in [-0.05, 0) is 19.3 Å². The first-order valence-electron chi connectivity index (χ1n) is 7.80. The van der Waals surface area contributed by atoms with Crippen molar-refractivity contribution >= 4 is 0 Å². The van der Waals surface area contributed by atoms with Crippen molar-refractivity contribution in [1.82, 2.24) is 5.43 Å². The molecule has 0 fully saturated rings. The Morgan fingerprint density at radius 3 is 2.00 bits per heavy atom. The van der Waals surface area contributed by atoms with Crippen molar-refractivity contribution < 1.29 is 4.74 Å². The summed E-state index contributed by atoms with van der Waals surface area (Å²) < 4.78 is 5.06. The monoisotopic (exact) mass is 258 g/mol. The summed E-state index contributed by atoms with van der Waals surface area (Å²) in [6.07, 6.45) is 14.5. The predicted molar refractivity (Wildman–Crippen MR) is 79.4 cm³/mol. The number of hydrazine groups is 1. The molecule has 0 saturated carbocycles. The van der Waals surface area contributed by atoms with Gasteiger partial charge in [-0.15, -0.1) is 0 Å². The molecular weight excluding hydrogens is 224 g/mol. The Morgan fingerprint density at radius 1 is 0.889 bits per heavy atom. The van der Waals surface area contributed by atoms with Crippen LogP contribution in [0.25, 0.3) is 0 Å². The van der Waals surface area contributed by atoms with Crippen molar-refractivity contribution in [3.05, 3.63) is 0 Å². The molecule has 1 unspecified atom stereocenters. The van der Waals surface area contributed by atoms with Gasteiger partial charge in [-0.25, -0.2) is 0 Å². The van der Waals surface area contributed by atoms with Gasteiger partial charge in [0, 0.05) is 19.8 Å². The second-order valence-electron chi connectivity index (χ2n) is 5.26. The molecule has 3 heteroatoms. The van der Waals surface area contributed by atoms with E-state index in [2.05, 4.69) is 12.3 Å². The number of unbranched alkanes of at least 4 members (excludes halogenated alkanes) is 7. The molecule has 0 spiro atoms. The molecule has 3 nitrogen and oxygen atoms in total. The molecule has 0 aromatic carbocycles. The van der Waals surface area contributed by atoms with Crippen LogP contribution in [0.4, 0.5) is 0 Å². The third kappa shape index (κ3) is 12.3. The minimum atomic E-state index is 0.472. The summed E-state index contributed by atoms with van der Waals surface area (Å²) >= 11 is 0. The van der Waals surface area contributed by atoms with E-state index in [9.17, 15) is 0 Å². The molecule has 3 N–H and O–H groups in total. The summed E-state index contributed by atoms with van der Waals surface area (Å²) in [5, 5.41) is 0. The minimum absolute atomic E-state index is 0.472. The summed E-state index contributed by atoms with van der Waals surface area (Å²) in [6, 6.07) is 0.472. The van der Waals surface area contributed by atoms with Gasteiger partial charge in [-0.2, -0.15) is 0 Å². The summed E-state index contributed by atoms with van der Waals surface area (Å²) in [5.74, 6) is 5.56. The van der Waals surface area contributed by atoms with Crippen LogP contribution in [-0.2, 0) is 4.74 Å². The van der Waals surface area contributed by atoms with Crippen LogP contribution in [0.3, 0.4) is 0 Å². The van der Waals surface area contributed by atoms with Crippen molar-refractivity contribution in [2.45, 2.75) is 83.6 Å². The highest BCUT2D eigenvalue weighted by molar-refractivity contribution is 4.63. The van der Waals surface area contributed by atoms with E-state index in [4.69, 9.17) is 10.6 Å². The van der Waals surface area contributed by atoms with Crippen molar-refractivity contribution in [3.8, 4) is 0 Å². The number of rotatable bonds is 14. The van der Waals surface area contributed by atoms with Gasteiger partial charge in [0.1, 0.15) is 0 Å². The van der Waals surface area contributed by atoms with Crippen molar-refractivity contribution in [3.63, 3.8) is 0 Å². The Bertz CT molecular complexity index is 153. The maximum Gasteiger partial charge on any atom is 0.0462 e. The first-order valence-corrected chi connectivity index (χ1v) is 7.80. The summed E-state index contributed by atoms with van der Waals surface area (Å²) in [4.78, 5) is 0. The third-order valence-corrected chi connectivity index (χ3v) is 3.54. The van der Waals surface area contributed by atoms with Gasteiger partial charge in [-0.3, -0.25) is 11.3 Å². The SMILES string of the molecule is CCCCCCCCCCC(CCCOC)NN. The summed E-state index contributed by atoms with van der Waals surface area (Å²) in [6.45, 7) is 3.11. The Balaban J connectivity index is 3.23. The van der Waals surface area contributed by atoms with E-state index in [1.54, 1.807) is 7.11 Å². The lowest BCUT2D eigenvalue weighted by molar-refractivity contribution is 0.188. The van der Waals surface area contributed by atoms with Gasteiger partial charge in [0.05, 0.1) is 0 Å². The topological polar surface area (TPSA) is 47.3 Å². The zero-order valence-electron chi connectivity index (χ0n) is 12.5. The molecule has 0 amide bonds. The largest absolute Gasteiger partial charge is 0.385 e. The number of hydrogen-bond acceptors (Lipinski definition) is 3. The van der Waals surface area contributed by atoms with Gasteiger partial charge in [-0.1, -0.05) is 58.3 Å². The number of methoxy groups -OCH3 is 1. The zero-order chi connectivity index (χ0) is 13.5. The maximum absolute atomic E-state index is 5.56. The fourth-order valence-electron chi connectivity index (χ4n) is 2.31. The average Bonchev–Trinajstić information content (AvgIpc) is 2.40. The van der Waals surface area contributed by atoms with E-state index in [0.29, 0.717) is 6.04 Å². The van der Waals surface area contributed by atoms with Crippen molar-refractivity contribution in [1.29, 1.82) is 0 Å². The quantitative estimate of drug-likeness (QED) is 0.283. The van der Waals surface area contributed by atoms with Gasteiger partial charge in [0.25, 0.3) is 0 Å². The molecule has 0 aromatic heterocycles. The third-order valence-electron chi connectivity index (χ3n) is 3.54. The van der Waals surface area contributed by atoms with Crippen LogP contribution in [-0.4, -0.2) is 19.8 Å². The predicted octanol–water partition coefficient (Wildman–Crippen LogP) is 3.78. The fourth-order valence-corrected chi connectivity index (χ4v) is 2.31. The lowest BCUT2D eigenvalue weighted by Gasteiger charge is -2.15. The van der Waals surface area contributed by atoms with E-state index in [1.165, 1.54) is 57.8 Å². The van der Waals surface area contributed by atoms with E-state index >= 15 is 0 Å². The zero-order valence-corrected chi connectivity index (χ0v) is 12.5. The standard InChI is InChI=1S/C15H34N2O/c1-3-4-5-6-7-8-9-10-12-15(17-16)13-11-14-18-2/h15,17H,3-14,16H2,1-2H3. The minimum Gasteiger partial charge on any atom is -0.385 e. The number of ether oxygens (including phenoxy) is 1. The van der Waals surface area contributed by atoms with Crippen LogP contribution in [0.5, 0.6) is 0 Å². The van der Waals surface area contributed by atoms with Crippen LogP contribution in [0.15, 0.2) is 0 Å². The first kappa shape index (κ1) is 17.9. The highest BCUT2D eigenvalue weighted by atomic mass is 16.5. The molecule has 0 aliphatic heterocycles. The number of nitrogens with two attached hydrogens (primary N) is 1. The molecule has 0 rings (SSSR count). The van der Waals surface area contributed by atoms with Crippen LogP contribution in [0.1, 0.15) is 77.6 Å². The number of nitrogens with one attached hydrogen (secondary N) is 1. The van der Waals surface area contributed by atoms with Gasteiger partial charge < -0.3 is 4.74 Å². The van der Waals surface area contributed by atoms with Crippen LogP contribution in [0.2, 0.25) is 0 Å². The Hall–Kier alpha value is -0.120. The highest BCUT2D eigenvalue weighted by Crippen LogP contribution is 2.12. The summed E-state index contributed by atoms with van der Waals surface area (Å²) in [7, 11) is 1.75. The molecule has 0 aromatic rings. The second-order valence-corrected chi connectivity index (χ2v) is 5.26. The van der Waals surface area contributed by atoms with Gasteiger partial charge in [0.2, 0.25) is 0 Å². The molecule has 0 saturated heterocycles. The lowest BCUT2D eigenvalue weighted by Crippen LogP contribution is -2.35. The van der Waals surface area contributed by atoms with E-state index < -0.39 is 0 Å². The van der Waals surface area contributed by atoms with Gasteiger partial charge >= 0.3 is 0 Å². The molecule has 1 atom stereocenters. The molecular formula is C15H34N2O. The molecule has 0 radical (unpaired) electrons. The Kier molecular flexibility index (Phi) is 14.8. The smallest absolute Gasteiger partial charge is 0.0462 e. The maximum atomic E-state index is 5.56. The highest BCUT2D eigenvalue weighted by Gasteiger charge is 2.05. The van der Waals surface area contributed by atoms with Crippen molar-refractivity contribution in [2.75, 3.05) is 13.7 Å². The lowest BCUT2D eigenvalue weighted by atomic mass is 10.0. The fraction of sp³-hybridized carbons (Fsp3) is 1.00. The molecule has 0 heterocycles.